The van der Waals surface area contributed by atoms with Crippen molar-refractivity contribution in [2.24, 2.45) is 0 Å². The standard InChI is InChI=1S/C10H20O2/c1-4-6-7-8-10(9(3)11)12-5-2/h10H,4-8H2,1-3H3. The summed E-state index contributed by atoms with van der Waals surface area (Å²) in [7, 11) is 0. The molecule has 0 radical (unpaired) electrons. The van der Waals surface area contributed by atoms with Gasteiger partial charge in [0, 0.05) is 6.61 Å². The van der Waals surface area contributed by atoms with Crippen molar-refractivity contribution < 1.29 is 9.53 Å². The van der Waals surface area contributed by atoms with Gasteiger partial charge in [-0.2, -0.15) is 0 Å². The van der Waals surface area contributed by atoms with Gasteiger partial charge in [0.25, 0.3) is 0 Å². The van der Waals surface area contributed by atoms with E-state index < -0.39 is 0 Å². The molecule has 2 nitrogen and oxygen atoms in total. The maximum absolute atomic E-state index is 11.0. The van der Waals surface area contributed by atoms with E-state index in [1.807, 2.05) is 6.92 Å². The number of carbonyl (C=O) groups is 1. The summed E-state index contributed by atoms with van der Waals surface area (Å²) in [4.78, 5) is 11.0. The van der Waals surface area contributed by atoms with E-state index in [0.29, 0.717) is 6.61 Å². The van der Waals surface area contributed by atoms with Gasteiger partial charge in [-0.1, -0.05) is 26.2 Å². The number of hydrogen-bond acceptors (Lipinski definition) is 2. The molecule has 0 aromatic carbocycles. The summed E-state index contributed by atoms with van der Waals surface area (Å²) in [5.41, 5.74) is 0. The molecule has 12 heavy (non-hydrogen) atoms. The Morgan fingerprint density at radius 1 is 1.33 bits per heavy atom. The normalized spacial score (nSPS) is 12.9. The Balaban J connectivity index is 3.56. The Morgan fingerprint density at radius 3 is 2.42 bits per heavy atom. The SMILES string of the molecule is CCCCCC(OCC)C(C)=O. The average Bonchev–Trinajstić information content (AvgIpc) is 2.03. The first kappa shape index (κ1) is 11.6. The highest BCUT2D eigenvalue weighted by Gasteiger charge is 2.12. The third-order valence-electron chi connectivity index (χ3n) is 1.89. The zero-order chi connectivity index (χ0) is 9.40. The molecule has 1 atom stereocenters. The number of unbranched alkanes of at least 4 members (excludes halogenated alkanes) is 2. The van der Waals surface area contributed by atoms with Crippen molar-refractivity contribution in [3.63, 3.8) is 0 Å². The number of hydrogen-bond donors (Lipinski definition) is 0. The first-order valence-corrected chi connectivity index (χ1v) is 4.84. The Kier molecular flexibility index (Phi) is 7.06. The maximum atomic E-state index is 11.0. The van der Waals surface area contributed by atoms with Gasteiger partial charge in [0.15, 0.2) is 5.78 Å². The van der Waals surface area contributed by atoms with E-state index in [-0.39, 0.29) is 11.9 Å². The molecule has 0 saturated carbocycles. The van der Waals surface area contributed by atoms with Crippen LogP contribution in [0, 0.1) is 0 Å². The van der Waals surface area contributed by atoms with E-state index in [2.05, 4.69) is 6.92 Å². The summed E-state index contributed by atoms with van der Waals surface area (Å²) < 4.78 is 5.30. The minimum Gasteiger partial charge on any atom is -0.371 e. The lowest BCUT2D eigenvalue weighted by Gasteiger charge is -2.12. The van der Waals surface area contributed by atoms with Gasteiger partial charge >= 0.3 is 0 Å². The fraction of sp³-hybridized carbons (Fsp3) is 0.900. The van der Waals surface area contributed by atoms with E-state index in [1.54, 1.807) is 6.92 Å². The first-order valence-electron chi connectivity index (χ1n) is 4.84. The molecule has 0 fully saturated rings. The van der Waals surface area contributed by atoms with Gasteiger partial charge in [0.05, 0.1) is 0 Å². The number of ether oxygens (including phenoxy) is 1. The highest BCUT2D eigenvalue weighted by atomic mass is 16.5. The lowest BCUT2D eigenvalue weighted by atomic mass is 10.1. The van der Waals surface area contributed by atoms with Crippen LogP contribution in [0.1, 0.15) is 46.5 Å². The largest absolute Gasteiger partial charge is 0.371 e. The molecule has 2 heteroatoms. The molecule has 0 saturated heterocycles. The second-order valence-corrected chi connectivity index (χ2v) is 3.05. The molecule has 72 valence electrons. The van der Waals surface area contributed by atoms with E-state index >= 15 is 0 Å². The Bertz CT molecular complexity index is 121. The number of ketones is 1. The van der Waals surface area contributed by atoms with E-state index in [0.717, 1.165) is 12.8 Å². The molecule has 0 bridgehead atoms. The van der Waals surface area contributed by atoms with Gasteiger partial charge in [0.2, 0.25) is 0 Å². The maximum Gasteiger partial charge on any atom is 0.158 e. The predicted octanol–water partition coefficient (Wildman–Crippen LogP) is 2.56. The van der Waals surface area contributed by atoms with Crippen LogP contribution in [-0.4, -0.2) is 18.5 Å². The van der Waals surface area contributed by atoms with E-state index in [4.69, 9.17) is 4.74 Å². The average molecular weight is 172 g/mol. The van der Waals surface area contributed by atoms with Crippen LogP contribution < -0.4 is 0 Å². The fourth-order valence-electron chi connectivity index (χ4n) is 1.18. The third-order valence-corrected chi connectivity index (χ3v) is 1.89. The molecule has 0 spiro atoms. The Morgan fingerprint density at radius 2 is 2.00 bits per heavy atom. The summed E-state index contributed by atoms with van der Waals surface area (Å²) in [6, 6.07) is 0. The molecular weight excluding hydrogens is 152 g/mol. The second-order valence-electron chi connectivity index (χ2n) is 3.05. The monoisotopic (exact) mass is 172 g/mol. The lowest BCUT2D eigenvalue weighted by molar-refractivity contribution is -0.128. The number of rotatable bonds is 7. The van der Waals surface area contributed by atoms with Gasteiger partial charge in [-0.05, 0) is 20.3 Å². The summed E-state index contributed by atoms with van der Waals surface area (Å²) in [6.07, 6.45) is 4.22. The van der Waals surface area contributed by atoms with Crippen LogP contribution in [-0.2, 0) is 9.53 Å². The van der Waals surface area contributed by atoms with Crippen molar-refractivity contribution in [1.82, 2.24) is 0 Å². The van der Waals surface area contributed by atoms with Gasteiger partial charge in [0.1, 0.15) is 6.10 Å². The highest BCUT2D eigenvalue weighted by Crippen LogP contribution is 2.07. The topological polar surface area (TPSA) is 26.3 Å². The zero-order valence-corrected chi connectivity index (χ0v) is 8.43. The minimum absolute atomic E-state index is 0.151. The molecule has 0 rings (SSSR count). The fourth-order valence-corrected chi connectivity index (χ4v) is 1.18. The summed E-state index contributed by atoms with van der Waals surface area (Å²) >= 11 is 0. The van der Waals surface area contributed by atoms with Crippen LogP contribution in [0.15, 0.2) is 0 Å². The molecule has 0 amide bonds. The van der Waals surface area contributed by atoms with Crippen molar-refractivity contribution in [3.8, 4) is 0 Å². The lowest BCUT2D eigenvalue weighted by Crippen LogP contribution is -2.21. The molecule has 0 aromatic rings. The van der Waals surface area contributed by atoms with Crippen LogP contribution in [0.4, 0.5) is 0 Å². The van der Waals surface area contributed by atoms with Crippen LogP contribution in [0.5, 0.6) is 0 Å². The van der Waals surface area contributed by atoms with E-state index in [1.165, 1.54) is 12.8 Å². The van der Waals surface area contributed by atoms with Crippen LogP contribution >= 0.6 is 0 Å². The van der Waals surface area contributed by atoms with Crippen molar-refractivity contribution in [3.05, 3.63) is 0 Å². The molecular formula is C10H20O2. The summed E-state index contributed by atoms with van der Waals surface area (Å²) in [5, 5.41) is 0. The first-order chi connectivity index (χ1) is 5.72. The van der Waals surface area contributed by atoms with Crippen molar-refractivity contribution in [2.45, 2.75) is 52.6 Å². The molecule has 0 N–H and O–H groups in total. The second kappa shape index (κ2) is 7.29. The minimum atomic E-state index is -0.151. The van der Waals surface area contributed by atoms with Crippen LogP contribution in [0.25, 0.3) is 0 Å². The highest BCUT2D eigenvalue weighted by molar-refractivity contribution is 5.80. The van der Waals surface area contributed by atoms with E-state index in [9.17, 15) is 4.79 Å². The Hall–Kier alpha value is -0.370. The predicted molar refractivity (Wildman–Crippen MR) is 50.2 cm³/mol. The zero-order valence-electron chi connectivity index (χ0n) is 8.43. The molecule has 1 unspecified atom stereocenters. The molecule has 0 heterocycles. The molecule has 0 aromatic heterocycles. The van der Waals surface area contributed by atoms with Gasteiger partial charge in [-0.25, -0.2) is 0 Å². The Labute approximate surface area is 75.3 Å². The number of Topliss-reactive ketones (excluding diaryl/α,β-unsaturated/α-hetero) is 1. The summed E-state index contributed by atoms with van der Waals surface area (Å²) in [6.45, 7) is 6.32. The van der Waals surface area contributed by atoms with Crippen LogP contribution in [0.2, 0.25) is 0 Å². The van der Waals surface area contributed by atoms with Gasteiger partial charge < -0.3 is 4.74 Å². The third kappa shape index (κ3) is 5.30. The van der Waals surface area contributed by atoms with Crippen molar-refractivity contribution in [2.75, 3.05) is 6.61 Å². The van der Waals surface area contributed by atoms with Gasteiger partial charge in [-0.3, -0.25) is 4.79 Å². The van der Waals surface area contributed by atoms with Crippen molar-refractivity contribution in [1.29, 1.82) is 0 Å². The molecule has 0 aliphatic carbocycles. The smallest absolute Gasteiger partial charge is 0.158 e. The quantitative estimate of drug-likeness (QED) is 0.552. The summed E-state index contributed by atoms with van der Waals surface area (Å²) in [5.74, 6) is 0.160. The number of carbonyl (C=O) groups excluding carboxylic acids is 1. The molecule has 0 aliphatic rings. The van der Waals surface area contributed by atoms with Crippen molar-refractivity contribution >= 4 is 5.78 Å². The van der Waals surface area contributed by atoms with Crippen LogP contribution in [0.3, 0.4) is 0 Å². The molecule has 0 aliphatic heterocycles. The van der Waals surface area contributed by atoms with Gasteiger partial charge in [-0.15, -0.1) is 0 Å².